The summed E-state index contributed by atoms with van der Waals surface area (Å²) in [6.45, 7) is 2.37. The van der Waals surface area contributed by atoms with Crippen molar-refractivity contribution in [3.05, 3.63) is 12.2 Å². The standard InChI is InChI=1S/C10H14O6/c1-5(11)15-8-4-3-7(13)9(14)10(8)16-6(2)12/h3-4,7-10,13-14H,1-2H3/t7-,8+,9+,10+/m1/s1. The molecule has 1 aliphatic carbocycles. The summed E-state index contributed by atoms with van der Waals surface area (Å²) >= 11 is 0. The summed E-state index contributed by atoms with van der Waals surface area (Å²) in [6, 6.07) is 0. The molecule has 0 fully saturated rings. The molecule has 0 aromatic heterocycles. The van der Waals surface area contributed by atoms with Gasteiger partial charge in [0.25, 0.3) is 0 Å². The summed E-state index contributed by atoms with van der Waals surface area (Å²) in [4.78, 5) is 21.6. The van der Waals surface area contributed by atoms with Crippen LogP contribution in [-0.4, -0.2) is 46.6 Å². The number of carbonyl (C=O) groups is 2. The van der Waals surface area contributed by atoms with Crippen LogP contribution in [0.25, 0.3) is 0 Å². The van der Waals surface area contributed by atoms with E-state index in [1.165, 1.54) is 26.0 Å². The summed E-state index contributed by atoms with van der Waals surface area (Å²) in [6.07, 6.45) is -1.74. The number of hydrogen-bond acceptors (Lipinski definition) is 6. The Balaban J connectivity index is 2.81. The molecule has 2 N–H and O–H groups in total. The second-order valence-corrected chi connectivity index (χ2v) is 3.51. The fourth-order valence-electron chi connectivity index (χ4n) is 1.46. The van der Waals surface area contributed by atoms with Crippen LogP contribution in [0.15, 0.2) is 12.2 Å². The minimum Gasteiger partial charge on any atom is -0.455 e. The quantitative estimate of drug-likeness (QED) is 0.473. The number of aliphatic hydroxyl groups excluding tert-OH is 2. The fraction of sp³-hybridized carbons (Fsp3) is 0.600. The molecule has 0 spiro atoms. The van der Waals surface area contributed by atoms with E-state index in [0.717, 1.165) is 0 Å². The Labute approximate surface area is 92.5 Å². The first-order chi connectivity index (χ1) is 7.41. The maximum absolute atomic E-state index is 10.8. The van der Waals surface area contributed by atoms with E-state index in [1.807, 2.05) is 0 Å². The van der Waals surface area contributed by atoms with Crippen molar-refractivity contribution in [2.45, 2.75) is 38.3 Å². The van der Waals surface area contributed by atoms with E-state index in [1.54, 1.807) is 0 Å². The smallest absolute Gasteiger partial charge is 0.303 e. The Bertz CT molecular complexity index is 310. The highest BCUT2D eigenvalue weighted by Crippen LogP contribution is 2.19. The highest BCUT2D eigenvalue weighted by Gasteiger charge is 2.38. The third-order valence-corrected chi connectivity index (χ3v) is 2.11. The maximum atomic E-state index is 10.8. The van der Waals surface area contributed by atoms with Crippen molar-refractivity contribution in [2.24, 2.45) is 0 Å². The molecule has 0 bridgehead atoms. The van der Waals surface area contributed by atoms with Crippen LogP contribution in [0, 0.1) is 0 Å². The van der Waals surface area contributed by atoms with Gasteiger partial charge in [-0.1, -0.05) is 6.08 Å². The van der Waals surface area contributed by atoms with Gasteiger partial charge in [0.1, 0.15) is 12.2 Å². The summed E-state index contributed by atoms with van der Waals surface area (Å²) < 4.78 is 9.66. The van der Waals surface area contributed by atoms with Crippen LogP contribution in [0.5, 0.6) is 0 Å². The zero-order valence-electron chi connectivity index (χ0n) is 8.99. The molecule has 6 nitrogen and oxygen atoms in total. The lowest BCUT2D eigenvalue weighted by atomic mass is 9.96. The molecule has 1 rings (SSSR count). The minimum atomic E-state index is -1.31. The van der Waals surface area contributed by atoms with Crippen LogP contribution in [-0.2, 0) is 19.1 Å². The molecule has 0 unspecified atom stereocenters. The van der Waals surface area contributed by atoms with Gasteiger partial charge in [0, 0.05) is 13.8 Å². The molecule has 90 valence electrons. The van der Waals surface area contributed by atoms with Crippen LogP contribution in [0.1, 0.15) is 13.8 Å². The van der Waals surface area contributed by atoms with Crippen molar-refractivity contribution in [1.82, 2.24) is 0 Å². The van der Waals surface area contributed by atoms with Crippen molar-refractivity contribution in [3.8, 4) is 0 Å². The molecule has 0 aromatic rings. The number of aliphatic hydroxyl groups is 2. The predicted octanol–water partition coefficient (Wildman–Crippen LogP) is -0.859. The maximum Gasteiger partial charge on any atom is 0.303 e. The molecular weight excluding hydrogens is 216 g/mol. The Morgan fingerprint density at radius 2 is 1.62 bits per heavy atom. The van der Waals surface area contributed by atoms with Gasteiger partial charge in [-0.25, -0.2) is 0 Å². The average Bonchev–Trinajstić information content (AvgIpc) is 2.16. The number of rotatable bonds is 2. The predicted molar refractivity (Wildman–Crippen MR) is 52.3 cm³/mol. The van der Waals surface area contributed by atoms with Gasteiger partial charge in [0.15, 0.2) is 12.2 Å². The third-order valence-electron chi connectivity index (χ3n) is 2.11. The Hall–Kier alpha value is -1.40. The molecule has 0 aliphatic heterocycles. The molecule has 0 aromatic carbocycles. The highest BCUT2D eigenvalue weighted by atomic mass is 16.6. The topological polar surface area (TPSA) is 93.1 Å². The summed E-state index contributed by atoms with van der Waals surface area (Å²) in [5.41, 5.74) is 0. The Morgan fingerprint density at radius 3 is 2.12 bits per heavy atom. The van der Waals surface area contributed by atoms with Gasteiger partial charge in [-0.05, 0) is 6.08 Å². The van der Waals surface area contributed by atoms with E-state index >= 15 is 0 Å². The summed E-state index contributed by atoms with van der Waals surface area (Å²) in [5, 5.41) is 18.9. The van der Waals surface area contributed by atoms with Crippen molar-refractivity contribution in [3.63, 3.8) is 0 Å². The van der Waals surface area contributed by atoms with Gasteiger partial charge >= 0.3 is 11.9 Å². The van der Waals surface area contributed by atoms with Crippen molar-refractivity contribution in [1.29, 1.82) is 0 Å². The van der Waals surface area contributed by atoms with Crippen LogP contribution in [0.4, 0.5) is 0 Å². The van der Waals surface area contributed by atoms with E-state index in [9.17, 15) is 19.8 Å². The van der Waals surface area contributed by atoms with Crippen LogP contribution >= 0.6 is 0 Å². The number of ether oxygens (including phenoxy) is 2. The van der Waals surface area contributed by atoms with Crippen molar-refractivity contribution >= 4 is 11.9 Å². The van der Waals surface area contributed by atoms with E-state index in [2.05, 4.69) is 0 Å². The first-order valence-electron chi connectivity index (χ1n) is 4.80. The second kappa shape index (κ2) is 5.09. The van der Waals surface area contributed by atoms with E-state index in [4.69, 9.17) is 9.47 Å². The number of carbonyl (C=O) groups excluding carboxylic acids is 2. The third kappa shape index (κ3) is 3.04. The first kappa shape index (κ1) is 12.7. The zero-order valence-corrected chi connectivity index (χ0v) is 8.99. The van der Waals surface area contributed by atoms with Crippen LogP contribution in [0.2, 0.25) is 0 Å². The Morgan fingerprint density at radius 1 is 1.06 bits per heavy atom. The molecule has 16 heavy (non-hydrogen) atoms. The van der Waals surface area contributed by atoms with E-state index in [0.29, 0.717) is 0 Å². The molecule has 0 radical (unpaired) electrons. The molecule has 0 amide bonds. The lowest BCUT2D eigenvalue weighted by Crippen LogP contribution is -2.49. The van der Waals surface area contributed by atoms with Gasteiger partial charge in [0.05, 0.1) is 0 Å². The average molecular weight is 230 g/mol. The molecule has 0 saturated carbocycles. The monoisotopic (exact) mass is 230 g/mol. The molecule has 0 heterocycles. The number of esters is 2. The largest absolute Gasteiger partial charge is 0.455 e. The molecule has 1 aliphatic rings. The van der Waals surface area contributed by atoms with Crippen molar-refractivity contribution in [2.75, 3.05) is 0 Å². The lowest BCUT2D eigenvalue weighted by Gasteiger charge is -2.32. The molecule has 4 atom stereocenters. The summed E-state index contributed by atoms with van der Waals surface area (Å²) in [5.74, 6) is -1.18. The van der Waals surface area contributed by atoms with Gasteiger partial charge in [-0.2, -0.15) is 0 Å². The van der Waals surface area contributed by atoms with Gasteiger partial charge in [-0.3, -0.25) is 9.59 Å². The van der Waals surface area contributed by atoms with Crippen molar-refractivity contribution < 1.29 is 29.3 Å². The Kier molecular flexibility index (Phi) is 4.03. The van der Waals surface area contributed by atoms with Gasteiger partial charge in [0.2, 0.25) is 0 Å². The fourth-order valence-corrected chi connectivity index (χ4v) is 1.46. The molecule has 6 heteroatoms. The molecular formula is C10H14O6. The normalized spacial score (nSPS) is 33.2. The highest BCUT2D eigenvalue weighted by molar-refractivity contribution is 5.67. The SMILES string of the molecule is CC(=O)O[C@@H]1[C@@H](O)[C@H](O)C=C[C@@H]1OC(C)=O. The number of hydrogen-bond donors (Lipinski definition) is 2. The first-order valence-corrected chi connectivity index (χ1v) is 4.80. The minimum absolute atomic E-state index is 0.560. The zero-order chi connectivity index (χ0) is 12.3. The van der Waals surface area contributed by atoms with Gasteiger partial charge < -0.3 is 19.7 Å². The molecule has 0 saturated heterocycles. The van der Waals surface area contributed by atoms with Crippen LogP contribution < -0.4 is 0 Å². The summed E-state index contributed by atoms with van der Waals surface area (Å²) in [7, 11) is 0. The van der Waals surface area contributed by atoms with Gasteiger partial charge in [-0.15, -0.1) is 0 Å². The lowest BCUT2D eigenvalue weighted by molar-refractivity contribution is -0.176. The van der Waals surface area contributed by atoms with E-state index < -0.39 is 36.4 Å². The van der Waals surface area contributed by atoms with E-state index in [-0.39, 0.29) is 0 Å². The van der Waals surface area contributed by atoms with Crippen LogP contribution in [0.3, 0.4) is 0 Å². The second-order valence-electron chi connectivity index (χ2n) is 3.51.